The van der Waals surface area contributed by atoms with Crippen LogP contribution in [0.25, 0.3) is 0 Å². The molecular weight excluding hydrogens is 980 g/mol. The second-order valence-electron chi connectivity index (χ2n) is 14.4. The summed E-state index contributed by atoms with van der Waals surface area (Å²) in [4.78, 5) is 0. The average molecular weight is 1040 g/mol. The van der Waals surface area contributed by atoms with Crippen LogP contribution in [0.2, 0.25) is 0 Å². The summed E-state index contributed by atoms with van der Waals surface area (Å²) in [5.41, 5.74) is 11.1. The van der Waals surface area contributed by atoms with E-state index in [2.05, 4.69) is 280 Å². The third kappa shape index (κ3) is 16.4. The van der Waals surface area contributed by atoms with Crippen molar-refractivity contribution >= 4 is 37.0 Å². The molecule has 310 valence electrons. The molecule has 5 heteroatoms. The molecule has 0 radical (unpaired) electrons. The molecule has 0 amide bonds. The Kier molecular flexibility index (Phi) is 24.1. The van der Waals surface area contributed by atoms with Crippen molar-refractivity contribution in [2.45, 2.75) is 23.7 Å². The van der Waals surface area contributed by atoms with E-state index in [9.17, 15) is 0 Å². The minimum absolute atomic E-state index is 0. The van der Waals surface area contributed by atoms with Gasteiger partial charge in [0.05, 0.1) is 0 Å². The van der Waals surface area contributed by atoms with Crippen molar-refractivity contribution in [3.63, 3.8) is 0 Å². The summed E-state index contributed by atoms with van der Waals surface area (Å²) in [5.74, 6) is 1.99. The summed E-state index contributed by atoms with van der Waals surface area (Å²) in [7, 11) is 11.4. The van der Waals surface area contributed by atoms with Gasteiger partial charge in [-0.2, -0.15) is 0 Å². The van der Waals surface area contributed by atoms with E-state index in [-0.39, 0.29) is 21.1 Å². The van der Waals surface area contributed by atoms with Crippen molar-refractivity contribution in [2.75, 3.05) is 24.6 Å². The van der Waals surface area contributed by atoms with E-state index in [4.69, 9.17) is 0 Å². The predicted octanol–water partition coefficient (Wildman–Crippen LogP) is 14.8. The van der Waals surface area contributed by atoms with E-state index in [1.165, 1.54) is 44.5 Å². The fraction of sp³-hybridized carbons (Fsp3) is 0.143. The van der Waals surface area contributed by atoms with Crippen LogP contribution in [0.4, 0.5) is 0 Å². The Labute approximate surface area is 390 Å². The summed E-state index contributed by atoms with van der Waals surface area (Å²) < 4.78 is 0. The summed E-state index contributed by atoms with van der Waals surface area (Å²) in [6.45, 7) is 0. The molecule has 0 aromatic heterocycles. The molecule has 0 bridgehead atoms. The van der Waals surface area contributed by atoms with Gasteiger partial charge in [-0.1, -0.05) is 243 Å². The van der Waals surface area contributed by atoms with Crippen molar-refractivity contribution < 1.29 is 21.1 Å². The van der Waals surface area contributed by atoms with Gasteiger partial charge in [-0.15, -0.1) is 37.0 Å². The van der Waals surface area contributed by atoms with Crippen LogP contribution in [-0.4, -0.2) is 24.6 Å². The third-order valence-electron chi connectivity index (χ3n) is 10.6. The van der Waals surface area contributed by atoms with Crippen LogP contribution in [0, 0.1) is 0 Å². The second-order valence-corrected chi connectivity index (χ2v) is 16.3. The SMILES string of the molecule is PCC(c1ccccc1)c1ccccc1.PCC(c1ccccc1)c1ccccc1.PCC(c1ccccc1)c1ccccc1.PCC(c1ccccc1)c1ccccc1.[W]. The minimum atomic E-state index is 0. The van der Waals surface area contributed by atoms with E-state index >= 15 is 0 Å². The molecule has 0 aliphatic heterocycles. The first-order valence-electron chi connectivity index (χ1n) is 20.9. The smallest absolute Gasteiger partial charge is 0.0124 e. The fourth-order valence-corrected chi connectivity index (χ4v) is 9.52. The van der Waals surface area contributed by atoms with Crippen LogP contribution in [0.1, 0.15) is 68.2 Å². The van der Waals surface area contributed by atoms with Crippen LogP contribution in [0.5, 0.6) is 0 Å². The first kappa shape index (κ1) is 49.8. The van der Waals surface area contributed by atoms with E-state index in [1.54, 1.807) is 0 Å². The maximum atomic E-state index is 2.84. The molecule has 4 unspecified atom stereocenters. The second kappa shape index (κ2) is 29.5. The van der Waals surface area contributed by atoms with Crippen molar-refractivity contribution in [1.82, 2.24) is 0 Å². The number of hydrogen-bond acceptors (Lipinski definition) is 0. The van der Waals surface area contributed by atoms with Gasteiger partial charge in [0.1, 0.15) is 0 Å². The Morgan fingerprint density at radius 3 is 0.377 bits per heavy atom. The van der Waals surface area contributed by atoms with E-state index in [0.29, 0.717) is 23.7 Å². The van der Waals surface area contributed by atoms with Gasteiger partial charge < -0.3 is 0 Å². The Morgan fingerprint density at radius 1 is 0.197 bits per heavy atom. The average Bonchev–Trinajstić information content (AvgIpc) is 3.34. The normalized spacial score (nSPS) is 10.4. The van der Waals surface area contributed by atoms with Gasteiger partial charge >= 0.3 is 0 Å². The summed E-state index contributed by atoms with van der Waals surface area (Å²) in [5, 5.41) is 0. The molecule has 8 rings (SSSR count). The maximum absolute atomic E-state index is 2.84. The molecule has 0 heterocycles. The molecule has 8 aromatic carbocycles. The largest absolute Gasteiger partial charge is 0.137 e. The minimum Gasteiger partial charge on any atom is -0.137 e. The zero-order valence-corrected chi connectivity index (χ0v) is 42.5. The van der Waals surface area contributed by atoms with Crippen LogP contribution in [0.15, 0.2) is 243 Å². The van der Waals surface area contributed by atoms with Crippen molar-refractivity contribution in [2.24, 2.45) is 0 Å². The molecule has 61 heavy (non-hydrogen) atoms. The zero-order valence-electron chi connectivity index (χ0n) is 34.9. The molecule has 0 saturated heterocycles. The molecule has 0 spiro atoms. The van der Waals surface area contributed by atoms with Gasteiger partial charge in [-0.05, 0) is 69.2 Å². The summed E-state index contributed by atoms with van der Waals surface area (Å²) in [6.07, 6.45) is 4.25. The van der Waals surface area contributed by atoms with Crippen molar-refractivity contribution in [1.29, 1.82) is 0 Å². The Hall–Kier alpha value is -3.83. The van der Waals surface area contributed by atoms with Crippen LogP contribution in [0.3, 0.4) is 0 Å². The standard InChI is InChI=1S/4C14H15P.W/c4*15-11-14(12-7-3-1-4-8-12)13-9-5-2-6-10-13;/h4*1-10,14H,11,15H2;. The molecule has 0 nitrogen and oxygen atoms in total. The number of hydrogen-bond donors (Lipinski definition) is 0. The quantitative estimate of drug-likeness (QED) is 0.107. The van der Waals surface area contributed by atoms with Gasteiger partial charge in [-0.3, -0.25) is 0 Å². The van der Waals surface area contributed by atoms with E-state index in [0.717, 1.165) is 24.6 Å². The molecule has 8 aromatic rings. The van der Waals surface area contributed by atoms with Gasteiger partial charge in [0.25, 0.3) is 0 Å². The monoisotopic (exact) mass is 1040 g/mol. The predicted molar refractivity (Wildman–Crippen MR) is 277 cm³/mol. The van der Waals surface area contributed by atoms with Crippen LogP contribution >= 0.6 is 37.0 Å². The van der Waals surface area contributed by atoms with Crippen LogP contribution in [-0.2, 0) is 21.1 Å². The molecular formula is C56H60P4W. The van der Waals surface area contributed by atoms with E-state index in [1.807, 2.05) is 0 Å². The topological polar surface area (TPSA) is 0 Å². The Balaban J connectivity index is 0.000000178. The zero-order chi connectivity index (χ0) is 42.0. The number of benzene rings is 8. The van der Waals surface area contributed by atoms with Gasteiger partial charge in [-0.25, -0.2) is 0 Å². The molecule has 4 atom stereocenters. The summed E-state index contributed by atoms with van der Waals surface area (Å²) in [6, 6.07) is 85.3. The molecule has 0 saturated carbocycles. The first-order valence-corrected chi connectivity index (χ1v) is 24.1. The van der Waals surface area contributed by atoms with Gasteiger partial charge in [0.15, 0.2) is 0 Å². The molecule has 0 aliphatic carbocycles. The van der Waals surface area contributed by atoms with Gasteiger partial charge in [0.2, 0.25) is 0 Å². The van der Waals surface area contributed by atoms with Gasteiger partial charge in [0, 0.05) is 44.7 Å². The van der Waals surface area contributed by atoms with Crippen molar-refractivity contribution in [3.8, 4) is 0 Å². The fourth-order valence-electron chi connectivity index (χ4n) is 7.34. The molecule has 0 aliphatic rings. The van der Waals surface area contributed by atoms with E-state index < -0.39 is 0 Å². The third-order valence-corrected chi connectivity index (χ3v) is 12.4. The van der Waals surface area contributed by atoms with Crippen molar-refractivity contribution in [3.05, 3.63) is 287 Å². The van der Waals surface area contributed by atoms with Crippen LogP contribution < -0.4 is 0 Å². The maximum Gasteiger partial charge on any atom is 0.0124 e. The Morgan fingerprint density at radius 2 is 0.295 bits per heavy atom. The Bertz CT molecular complexity index is 1760. The molecule has 0 fully saturated rings. The molecule has 0 N–H and O–H groups in total. The first-order chi connectivity index (χ1) is 29.7. The summed E-state index contributed by atoms with van der Waals surface area (Å²) >= 11 is 0. The number of rotatable bonds is 12.